The van der Waals surface area contributed by atoms with Crippen LogP contribution in [0.2, 0.25) is 0 Å². The fourth-order valence-corrected chi connectivity index (χ4v) is 10.4. The molecule has 4 amide bonds. The number of aromatic amines is 2. The van der Waals surface area contributed by atoms with Crippen LogP contribution in [-0.2, 0) is 19.1 Å². The second-order valence-corrected chi connectivity index (χ2v) is 17.6. The molecule has 16 nitrogen and oxygen atoms in total. The number of carboxylic acid groups (broad SMARTS) is 2. The first-order valence-electron chi connectivity index (χ1n) is 21.0. The Labute approximate surface area is 337 Å². The third-order valence-corrected chi connectivity index (χ3v) is 13.9. The van der Waals surface area contributed by atoms with Gasteiger partial charge in [-0.3, -0.25) is 19.4 Å². The zero-order valence-corrected chi connectivity index (χ0v) is 33.3. The largest absolute Gasteiger partial charge is 0.465 e. The van der Waals surface area contributed by atoms with Crippen LogP contribution in [0, 0.1) is 11.8 Å². The lowest BCUT2D eigenvalue weighted by Crippen LogP contribution is -2.54. The number of likely N-dealkylation sites (N-methyl/N-ethyl adjacent to an activating group) is 2. The van der Waals surface area contributed by atoms with Gasteiger partial charge in [-0.15, -0.1) is 0 Å². The number of aromatic nitrogens is 4. The summed E-state index contributed by atoms with van der Waals surface area (Å²) < 4.78 is 12.0. The van der Waals surface area contributed by atoms with Crippen LogP contribution in [0.1, 0.15) is 101 Å². The van der Waals surface area contributed by atoms with Gasteiger partial charge < -0.3 is 39.5 Å². The van der Waals surface area contributed by atoms with Gasteiger partial charge in [0.05, 0.1) is 47.1 Å². The first kappa shape index (κ1) is 38.6. The maximum Gasteiger partial charge on any atom is 0.407 e. The summed E-state index contributed by atoms with van der Waals surface area (Å²) in [6.07, 6.45) is 11.0. The van der Waals surface area contributed by atoms with E-state index < -0.39 is 24.3 Å². The monoisotopic (exact) mass is 798 g/mol. The summed E-state index contributed by atoms with van der Waals surface area (Å²) in [5.41, 5.74) is 3.07. The van der Waals surface area contributed by atoms with Crippen LogP contribution in [0.15, 0.2) is 36.7 Å². The van der Waals surface area contributed by atoms with Gasteiger partial charge in [-0.05, 0) is 100 Å². The van der Waals surface area contributed by atoms with Crippen molar-refractivity contribution < 1.29 is 38.9 Å². The third-order valence-electron chi connectivity index (χ3n) is 13.9. The first-order valence-corrected chi connectivity index (χ1v) is 21.0. The van der Waals surface area contributed by atoms with Gasteiger partial charge in [0.1, 0.15) is 23.7 Å². The topological polar surface area (TPSA) is 198 Å². The number of carbonyl (C=O) groups excluding carboxylic acids is 2. The number of ether oxygens (including phenoxy) is 2. The van der Waals surface area contributed by atoms with Crippen LogP contribution in [0.4, 0.5) is 9.59 Å². The standard InChI is InChI=1S/C42H54N8O8/c1-47(39(53)54)33(27-11-19-57-41(21-27)13-14-41)37(51)49-17-3-5-31(49)35-43-23-29(45-35)25-7-9-26(10-8-25)30-24-44-36(46-30)32-6-4-18-50(32)38(52)34(48(2)40(55)56)28-12-20-58-42(22-28)15-16-42/h7-10,23-24,27-28,31-34H,3-6,11-22H2,1-2H3,(H,43,45)(H,44,46)(H,53,54)(H,55,56)/t27?,28?,31-,32-,33?,34?/m0/s1. The Hall–Kier alpha value is -4.96. The van der Waals surface area contributed by atoms with Gasteiger partial charge in [0.2, 0.25) is 11.8 Å². The molecule has 2 spiro atoms. The van der Waals surface area contributed by atoms with Gasteiger partial charge in [-0.25, -0.2) is 19.6 Å². The van der Waals surface area contributed by atoms with Crippen molar-refractivity contribution >= 4 is 24.0 Å². The minimum Gasteiger partial charge on any atom is -0.465 e. The van der Waals surface area contributed by atoms with Crippen molar-refractivity contribution in [1.29, 1.82) is 0 Å². The molecule has 4 aliphatic heterocycles. The number of benzene rings is 1. The lowest BCUT2D eigenvalue weighted by Gasteiger charge is -2.40. The van der Waals surface area contributed by atoms with Crippen molar-refractivity contribution in [3.8, 4) is 22.5 Å². The van der Waals surface area contributed by atoms with E-state index in [0.29, 0.717) is 63.6 Å². The number of H-pyrrole nitrogens is 2. The number of nitrogens with zero attached hydrogens (tertiary/aromatic N) is 6. The summed E-state index contributed by atoms with van der Waals surface area (Å²) >= 11 is 0. The Morgan fingerprint density at radius 3 is 1.45 bits per heavy atom. The fourth-order valence-electron chi connectivity index (χ4n) is 10.4. The van der Waals surface area contributed by atoms with E-state index in [-0.39, 0.29) is 46.9 Å². The van der Waals surface area contributed by atoms with E-state index in [9.17, 15) is 29.4 Å². The highest BCUT2D eigenvalue weighted by atomic mass is 16.5. The molecule has 9 rings (SSSR count). The molecule has 1 aromatic carbocycles. The Morgan fingerprint density at radius 1 is 0.690 bits per heavy atom. The predicted molar refractivity (Wildman–Crippen MR) is 209 cm³/mol. The number of likely N-dealkylation sites (tertiary alicyclic amines) is 2. The molecule has 2 aliphatic carbocycles. The van der Waals surface area contributed by atoms with Crippen LogP contribution >= 0.6 is 0 Å². The Balaban J connectivity index is 0.879. The van der Waals surface area contributed by atoms with Crippen molar-refractivity contribution in [2.45, 2.75) is 112 Å². The zero-order valence-electron chi connectivity index (χ0n) is 33.3. The summed E-state index contributed by atoms with van der Waals surface area (Å²) in [6, 6.07) is 5.89. The van der Waals surface area contributed by atoms with Gasteiger partial charge in [0.25, 0.3) is 0 Å². The smallest absolute Gasteiger partial charge is 0.407 e. The normalized spacial score (nSPS) is 26.7. The molecule has 6 heterocycles. The first-order chi connectivity index (χ1) is 27.9. The molecular weight excluding hydrogens is 745 g/mol. The fraction of sp³-hybridized carbons (Fsp3) is 0.619. The molecule has 0 radical (unpaired) electrons. The van der Waals surface area contributed by atoms with Gasteiger partial charge in [0, 0.05) is 40.4 Å². The Morgan fingerprint density at radius 2 is 1.09 bits per heavy atom. The summed E-state index contributed by atoms with van der Waals surface area (Å²) in [5.74, 6) is 0.832. The highest BCUT2D eigenvalue weighted by molar-refractivity contribution is 5.87. The molecule has 310 valence electrons. The zero-order chi connectivity index (χ0) is 40.3. The van der Waals surface area contributed by atoms with Crippen molar-refractivity contribution in [2.75, 3.05) is 40.4 Å². The molecule has 4 saturated heterocycles. The number of hydrogen-bond donors (Lipinski definition) is 4. The maximum absolute atomic E-state index is 14.2. The minimum absolute atomic E-state index is 0.0995. The van der Waals surface area contributed by atoms with Gasteiger partial charge in [-0.1, -0.05) is 24.3 Å². The van der Waals surface area contributed by atoms with E-state index in [1.54, 1.807) is 12.4 Å². The number of imidazole rings is 2. The molecule has 4 N–H and O–H groups in total. The number of rotatable bonds is 10. The summed E-state index contributed by atoms with van der Waals surface area (Å²) in [7, 11) is 3.01. The van der Waals surface area contributed by atoms with Crippen molar-refractivity contribution in [2.24, 2.45) is 11.8 Å². The maximum atomic E-state index is 14.2. The highest BCUT2D eigenvalue weighted by Crippen LogP contribution is 2.51. The second-order valence-electron chi connectivity index (χ2n) is 17.6. The van der Waals surface area contributed by atoms with Crippen molar-refractivity contribution in [3.63, 3.8) is 0 Å². The number of carbonyl (C=O) groups is 4. The summed E-state index contributed by atoms with van der Waals surface area (Å²) in [5, 5.41) is 20.0. The van der Waals surface area contributed by atoms with Gasteiger partial charge in [-0.2, -0.15) is 0 Å². The average molecular weight is 799 g/mol. The number of amides is 4. The molecule has 6 aliphatic rings. The van der Waals surface area contributed by atoms with E-state index in [4.69, 9.17) is 19.4 Å². The molecule has 16 heteroatoms. The van der Waals surface area contributed by atoms with E-state index in [2.05, 4.69) is 9.97 Å². The van der Waals surface area contributed by atoms with E-state index in [0.717, 1.165) is 73.9 Å². The SMILES string of the molecule is CN(C(=O)O)C(C(=O)N1CCC[C@H]1c1ncc(-c2ccc(-c3cnc([C@@H]4CCCN4C(=O)C(C4CCOC5(CC5)C4)N(C)C(=O)O)[nH]3)cc2)[nH]1)C1CCOC2(CC2)C1. The molecule has 6 atom stereocenters. The minimum atomic E-state index is -1.11. The summed E-state index contributed by atoms with van der Waals surface area (Å²) in [6.45, 7) is 2.17. The van der Waals surface area contributed by atoms with E-state index in [1.165, 1.54) is 23.9 Å². The van der Waals surface area contributed by atoms with Gasteiger partial charge >= 0.3 is 12.2 Å². The second kappa shape index (κ2) is 15.0. The Kier molecular flexibility index (Phi) is 9.98. The summed E-state index contributed by atoms with van der Waals surface area (Å²) in [4.78, 5) is 75.3. The highest BCUT2D eigenvalue weighted by Gasteiger charge is 2.53. The Bertz CT molecular complexity index is 1900. The van der Waals surface area contributed by atoms with Crippen LogP contribution in [-0.4, -0.2) is 137 Å². The van der Waals surface area contributed by atoms with Crippen molar-refractivity contribution in [1.82, 2.24) is 39.5 Å². The molecule has 3 aromatic rings. The average Bonchev–Trinajstić information content (AvgIpc) is 3.73. The van der Waals surface area contributed by atoms with Crippen molar-refractivity contribution in [3.05, 3.63) is 48.3 Å². The van der Waals surface area contributed by atoms with Crippen LogP contribution in [0.3, 0.4) is 0 Å². The van der Waals surface area contributed by atoms with Crippen LogP contribution < -0.4 is 0 Å². The molecule has 58 heavy (non-hydrogen) atoms. The van der Waals surface area contributed by atoms with E-state index in [1.807, 2.05) is 34.1 Å². The van der Waals surface area contributed by atoms with Crippen LogP contribution in [0.25, 0.3) is 22.5 Å². The number of hydrogen-bond acceptors (Lipinski definition) is 8. The molecule has 4 unspecified atom stereocenters. The lowest BCUT2D eigenvalue weighted by molar-refractivity contribution is -0.142. The van der Waals surface area contributed by atoms with Gasteiger partial charge in [0.15, 0.2) is 0 Å². The molecule has 6 fully saturated rings. The molecular formula is C42H54N8O8. The van der Waals surface area contributed by atoms with Crippen LogP contribution in [0.5, 0.6) is 0 Å². The predicted octanol–water partition coefficient (Wildman–Crippen LogP) is 5.67. The molecule has 2 saturated carbocycles. The molecule has 0 bridgehead atoms. The van der Waals surface area contributed by atoms with E-state index >= 15 is 0 Å². The number of nitrogens with one attached hydrogen (secondary N) is 2. The molecule has 2 aromatic heterocycles. The third kappa shape index (κ3) is 7.22. The lowest BCUT2D eigenvalue weighted by atomic mass is 9.85. The quantitative estimate of drug-likeness (QED) is 0.198.